The minimum atomic E-state index is 0.463. The van der Waals surface area contributed by atoms with Crippen LogP contribution in [0.3, 0.4) is 0 Å². The fraction of sp³-hybridized carbons (Fsp3) is 0.684. The minimum absolute atomic E-state index is 0.463. The number of rotatable bonds is 5. The van der Waals surface area contributed by atoms with Crippen molar-refractivity contribution in [3.8, 4) is 0 Å². The Kier molecular flexibility index (Phi) is 5.65. The average Bonchev–Trinajstić information content (AvgIpc) is 2.46. The van der Waals surface area contributed by atoms with Gasteiger partial charge in [-0.3, -0.25) is 0 Å². The average molecular weight is 273 g/mol. The van der Waals surface area contributed by atoms with Crippen molar-refractivity contribution in [2.75, 3.05) is 6.54 Å². The van der Waals surface area contributed by atoms with E-state index in [1.54, 1.807) is 0 Å². The normalized spacial score (nSPS) is 24.9. The molecule has 1 heteroatoms. The van der Waals surface area contributed by atoms with Crippen LogP contribution in [0.15, 0.2) is 24.3 Å². The molecule has 1 aromatic carbocycles. The van der Waals surface area contributed by atoms with Crippen LogP contribution in [0.25, 0.3) is 0 Å². The van der Waals surface area contributed by atoms with Gasteiger partial charge in [-0.1, -0.05) is 64.3 Å². The number of hydrogen-bond donors (Lipinski definition) is 1. The smallest absolute Gasteiger partial charge is 0.0291 e. The Labute approximate surface area is 125 Å². The summed E-state index contributed by atoms with van der Waals surface area (Å²) in [7, 11) is 0. The molecule has 20 heavy (non-hydrogen) atoms. The molecule has 2 rings (SSSR count). The van der Waals surface area contributed by atoms with E-state index in [2.05, 4.69) is 57.3 Å². The molecule has 0 spiro atoms. The highest BCUT2D eigenvalue weighted by Crippen LogP contribution is 2.29. The van der Waals surface area contributed by atoms with Crippen LogP contribution in [-0.2, 0) is 0 Å². The number of nitrogens with one attached hydrogen (secondary N) is 1. The fourth-order valence-corrected chi connectivity index (χ4v) is 3.31. The van der Waals surface area contributed by atoms with Crippen molar-refractivity contribution in [1.29, 1.82) is 0 Å². The molecule has 1 aliphatic carbocycles. The predicted molar refractivity (Wildman–Crippen MR) is 88.1 cm³/mol. The summed E-state index contributed by atoms with van der Waals surface area (Å²) in [5.74, 6) is 2.39. The standard InChI is InChI=1S/C19H31N/c1-14(2)17-9-11-18(12-10-17)16(4)20-13-19-8-6-5-7-15(19)3/h9-12,14-16,19-20H,5-8,13H2,1-4H3. The lowest BCUT2D eigenvalue weighted by atomic mass is 9.80. The zero-order valence-electron chi connectivity index (χ0n) is 13.7. The van der Waals surface area contributed by atoms with E-state index < -0.39 is 0 Å². The molecular weight excluding hydrogens is 242 g/mol. The van der Waals surface area contributed by atoms with E-state index in [4.69, 9.17) is 0 Å². The van der Waals surface area contributed by atoms with Crippen LogP contribution in [-0.4, -0.2) is 6.54 Å². The summed E-state index contributed by atoms with van der Waals surface area (Å²) in [5, 5.41) is 3.75. The number of benzene rings is 1. The van der Waals surface area contributed by atoms with Gasteiger partial charge in [0.25, 0.3) is 0 Å². The van der Waals surface area contributed by atoms with E-state index >= 15 is 0 Å². The van der Waals surface area contributed by atoms with Gasteiger partial charge in [-0.2, -0.15) is 0 Å². The van der Waals surface area contributed by atoms with Crippen LogP contribution < -0.4 is 5.32 Å². The molecule has 0 saturated heterocycles. The predicted octanol–water partition coefficient (Wildman–Crippen LogP) is 5.29. The Balaban J connectivity index is 1.86. The van der Waals surface area contributed by atoms with E-state index in [9.17, 15) is 0 Å². The molecule has 0 heterocycles. The van der Waals surface area contributed by atoms with Crippen molar-refractivity contribution in [3.63, 3.8) is 0 Å². The summed E-state index contributed by atoms with van der Waals surface area (Å²) in [6, 6.07) is 9.60. The Morgan fingerprint density at radius 2 is 1.60 bits per heavy atom. The van der Waals surface area contributed by atoms with Crippen LogP contribution in [0.2, 0.25) is 0 Å². The van der Waals surface area contributed by atoms with Gasteiger partial charge in [0.15, 0.2) is 0 Å². The van der Waals surface area contributed by atoms with Crippen LogP contribution in [0.1, 0.15) is 76.5 Å². The third kappa shape index (κ3) is 4.09. The van der Waals surface area contributed by atoms with Crippen molar-refractivity contribution in [3.05, 3.63) is 35.4 Å². The summed E-state index contributed by atoms with van der Waals surface area (Å²) < 4.78 is 0. The highest BCUT2D eigenvalue weighted by Gasteiger charge is 2.21. The first-order chi connectivity index (χ1) is 9.58. The second kappa shape index (κ2) is 7.26. The van der Waals surface area contributed by atoms with Gasteiger partial charge in [-0.25, -0.2) is 0 Å². The van der Waals surface area contributed by atoms with Gasteiger partial charge >= 0.3 is 0 Å². The molecule has 1 fully saturated rings. The molecule has 1 saturated carbocycles. The van der Waals surface area contributed by atoms with Gasteiger partial charge in [-0.05, 0) is 48.8 Å². The van der Waals surface area contributed by atoms with Gasteiger partial charge in [0.2, 0.25) is 0 Å². The topological polar surface area (TPSA) is 12.0 Å². The molecule has 1 N–H and O–H groups in total. The maximum absolute atomic E-state index is 3.75. The van der Waals surface area contributed by atoms with E-state index in [1.807, 2.05) is 0 Å². The summed E-state index contributed by atoms with van der Waals surface area (Å²) in [6.07, 6.45) is 5.69. The summed E-state index contributed by atoms with van der Waals surface area (Å²) in [6.45, 7) is 10.4. The Morgan fingerprint density at radius 1 is 1.00 bits per heavy atom. The first-order valence-electron chi connectivity index (χ1n) is 8.41. The molecule has 112 valence electrons. The fourth-order valence-electron chi connectivity index (χ4n) is 3.31. The lowest BCUT2D eigenvalue weighted by Crippen LogP contribution is -2.31. The Bertz CT molecular complexity index is 393. The van der Waals surface area contributed by atoms with Gasteiger partial charge in [0.1, 0.15) is 0 Å². The molecule has 3 atom stereocenters. The lowest BCUT2D eigenvalue weighted by Gasteiger charge is -2.30. The molecule has 1 aromatic rings. The molecule has 1 aliphatic rings. The molecule has 1 nitrogen and oxygen atoms in total. The van der Waals surface area contributed by atoms with E-state index in [-0.39, 0.29) is 0 Å². The molecule has 0 aromatic heterocycles. The monoisotopic (exact) mass is 273 g/mol. The maximum atomic E-state index is 3.75. The maximum Gasteiger partial charge on any atom is 0.0291 e. The van der Waals surface area contributed by atoms with Crippen molar-refractivity contribution < 1.29 is 0 Å². The van der Waals surface area contributed by atoms with E-state index in [0.717, 1.165) is 11.8 Å². The van der Waals surface area contributed by atoms with Crippen molar-refractivity contribution in [2.24, 2.45) is 11.8 Å². The molecule has 3 unspecified atom stereocenters. The lowest BCUT2D eigenvalue weighted by molar-refractivity contribution is 0.242. The number of hydrogen-bond acceptors (Lipinski definition) is 1. The third-order valence-electron chi connectivity index (χ3n) is 5.08. The summed E-state index contributed by atoms with van der Waals surface area (Å²) in [4.78, 5) is 0. The Morgan fingerprint density at radius 3 is 2.20 bits per heavy atom. The molecule has 0 bridgehead atoms. The largest absolute Gasteiger partial charge is 0.310 e. The minimum Gasteiger partial charge on any atom is -0.310 e. The first-order valence-corrected chi connectivity index (χ1v) is 8.41. The zero-order chi connectivity index (χ0) is 14.5. The summed E-state index contributed by atoms with van der Waals surface area (Å²) in [5.41, 5.74) is 2.85. The van der Waals surface area contributed by atoms with Crippen LogP contribution in [0.5, 0.6) is 0 Å². The first kappa shape index (κ1) is 15.6. The van der Waals surface area contributed by atoms with Crippen molar-refractivity contribution in [1.82, 2.24) is 5.32 Å². The quantitative estimate of drug-likeness (QED) is 0.769. The highest BCUT2D eigenvalue weighted by molar-refractivity contribution is 5.26. The third-order valence-corrected chi connectivity index (χ3v) is 5.08. The van der Waals surface area contributed by atoms with Crippen molar-refractivity contribution in [2.45, 2.75) is 65.3 Å². The Hall–Kier alpha value is -0.820. The molecule has 0 radical (unpaired) electrons. The van der Waals surface area contributed by atoms with Gasteiger partial charge in [-0.15, -0.1) is 0 Å². The van der Waals surface area contributed by atoms with Crippen LogP contribution >= 0.6 is 0 Å². The van der Waals surface area contributed by atoms with Crippen LogP contribution in [0, 0.1) is 11.8 Å². The van der Waals surface area contributed by atoms with Gasteiger partial charge in [0.05, 0.1) is 0 Å². The van der Waals surface area contributed by atoms with Crippen LogP contribution in [0.4, 0.5) is 0 Å². The van der Waals surface area contributed by atoms with Crippen molar-refractivity contribution >= 4 is 0 Å². The highest BCUT2D eigenvalue weighted by atomic mass is 14.9. The molecule has 0 aliphatic heterocycles. The summed E-state index contributed by atoms with van der Waals surface area (Å²) >= 11 is 0. The van der Waals surface area contributed by atoms with Gasteiger partial charge in [0, 0.05) is 6.04 Å². The van der Waals surface area contributed by atoms with E-state index in [1.165, 1.54) is 43.4 Å². The molecular formula is C19H31N. The zero-order valence-corrected chi connectivity index (χ0v) is 13.7. The van der Waals surface area contributed by atoms with Gasteiger partial charge < -0.3 is 5.32 Å². The molecule has 0 amide bonds. The SMILES string of the molecule is CC(C)c1ccc(C(C)NCC2CCCCC2C)cc1. The van der Waals surface area contributed by atoms with E-state index in [0.29, 0.717) is 12.0 Å². The second-order valence-corrected chi connectivity index (χ2v) is 6.97. The second-order valence-electron chi connectivity index (χ2n) is 6.97.